The van der Waals surface area contributed by atoms with Crippen molar-refractivity contribution in [1.29, 1.82) is 0 Å². The van der Waals surface area contributed by atoms with Gasteiger partial charge in [-0.2, -0.15) is 0 Å². The Morgan fingerprint density at radius 1 is 1.16 bits per heavy atom. The summed E-state index contributed by atoms with van der Waals surface area (Å²) < 4.78 is 0. The smallest absolute Gasteiger partial charge is 0.173 e. The minimum Gasteiger partial charge on any atom is -0.297 e. The van der Waals surface area contributed by atoms with Gasteiger partial charge in [-0.25, -0.2) is 5.01 Å². The molecule has 1 N–H and O–H groups in total. The Bertz CT molecular complexity index is 896. The van der Waals surface area contributed by atoms with Crippen LogP contribution in [0.2, 0.25) is 0 Å². The molecule has 3 heterocycles. The zero-order valence-electron chi connectivity index (χ0n) is 14.0. The van der Waals surface area contributed by atoms with Gasteiger partial charge < -0.3 is 0 Å². The van der Waals surface area contributed by atoms with Crippen molar-refractivity contribution in [3.8, 4) is 0 Å². The molecular weight excluding hydrogens is 330 g/mol. The molecule has 5 nitrogen and oxygen atoms in total. The Kier molecular flexibility index (Phi) is 4.63. The summed E-state index contributed by atoms with van der Waals surface area (Å²) in [6.07, 6.45) is 6.40. The van der Waals surface area contributed by atoms with Gasteiger partial charge in [0.15, 0.2) is 5.17 Å². The maximum absolute atomic E-state index is 4.68. The fraction of sp³-hybridized carbons (Fsp3) is 0.211. The molecule has 1 atom stereocenters. The van der Waals surface area contributed by atoms with Crippen LogP contribution >= 0.6 is 11.8 Å². The molecule has 1 fully saturated rings. The van der Waals surface area contributed by atoms with Crippen molar-refractivity contribution in [3.05, 3.63) is 72.3 Å². The van der Waals surface area contributed by atoms with Crippen molar-refractivity contribution >= 4 is 27.7 Å². The second kappa shape index (κ2) is 7.21. The third kappa shape index (κ3) is 3.65. The van der Waals surface area contributed by atoms with E-state index in [1.165, 1.54) is 10.9 Å². The van der Waals surface area contributed by atoms with Crippen molar-refractivity contribution in [2.24, 2.45) is 4.99 Å². The summed E-state index contributed by atoms with van der Waals surface area (Å²) in [7, 11) is 2.05. The first-order valence-electron chi connectivity index (χ1n) is 8.24. The Labute approximate surface area is 151 Å². The van der Waals surface area contributed by atoms with Gasteiger partial charge in [0.2, 0.25) is 0 Å². The number of aromatic nitrogens is 2. The average molecular weight is 349 g/mol. The van der Waals surface area contributed by atoms with Crippen LogP contribution < -0.4 is 5.43 Å². The molecule has 1 aliphatic rings. The van der Waals surface area contributed by atoms with Crippen LogP contribution in [-0.4, -0.2) is 33.7 Å². The number of aliphatic imine (C=N–C) groups is 1. The number of thioether (sulfide) groups is 1. The fourth-order valence-corrected chi connectivity index (χ4v) is 3.93. The van der Waals surface area contributed by atoms with E-state index < -0.39 is 0 Å². The number of amidine groups is 1. The maximum atomic E-state index is 4.68. The number of pyridine rings is 2. The lowest BCUT2D eigenvalue weighted by Crippen LogP contribution is -2.30. The summed E-state index contributed by atoms with van der Waals surface area (Å²) in [5.41, 5.74) is 5.68. The van der Waals surface area contributed by atoms with Gasteiger partial charge in [-0.1, -0.05) is 30.0 Å². The molecule has 0 spiro atoms. The maximum Gasteiger partial charge on any atom is 0.173 e. The second-order valence-electron chi connectivity index (χ2n) is 5.93. The van der Waals surface area contributed by atoms with Crippen molar-refractivity contribution in [2.45, 2.75) is 11.8 Å². The van der Waals surface area contributed by atoms with Crippen LogP contribution in [0.25, 0.3) is 10.8 Å². The predicted molar refractivity (Wildman–Crippen MR) is 103 cm³/mol. The molecule has 3 aromatic rings. The van der Waals surface area contributed by atoms with Gasteiger partial charge in [0.05, 0.1) is 0 Å². The summed E-state index contributed by atoms with van der Waals surface area (Å²) in [5.74, 6) is 0. The van der Waals surface area contributed by atoms with Crippen LogP contribution in [0.5, 0.6) is 0 Å². The van der Waals surface area contributed by atoms with E-state index in [-0.39, 0.29) is 5.37 Å². The number of fused-ring (bicyclic) bond motifs is 1. The van der Waals surface area contributed by atoms with Gasteiger partial charge in [0, 0.05) is 49.7 Å². The molecule has 4 rings (SSSR count). The molecule has 0 saturated carbocycles. The molecule has 25 heavy (non-hydrogen) atoms. The van der Waals surface area contributed by atoms with E-state index in [0.29, 0.717) is 0 Å². The fourth-order valence-electron chi connectivity index (χ4n) is 2.86. The number of benzene rings is 1. The molecule has 126 valence electrons. The lowest BCUT2D eigenvalue weighted by atomic mass is 10.1. The van der Waals surface area contributed by atoms with E-state index in [9.17, 15) is 0 Å². The number of rotatable bonds is 4. The molecule has 1 unspecified atom stereocenters. The van der Waals surface area contributed by atoms with Crippen LogP contribution in [0.3, 0.4) is 0 Å². The van der Waals surface area contributed by atoms with Crippen molar-refractivity contribution in [2.75, 3.05) is 13.6 Å². The van der Waals surface area contributed by atoms with Crippen molar-refractivity contribution < 1.29 is 0 Å². The average Bonchev–Trinajstić information content (AvgIpc) is 3.03. The summed E-state index contributed by atoms with van der Waals surface area (Å²) >= 11 is 1.74. The predicted octanol–water partition coefficient (Wildman–Crippen LogP) is 3.41. The molecule has 0 aliphatic carbocycles. The van der Waals surface area contributed by atoms with Crippen LogP contribution in [-0.2, 0) is 6.42 Å². The van der Waals surface area contributed by atoms with E-state index in [1.54, 1.807) is 11.8 Å². The number of hydrazine groups is 1. The molecule has 0 amide bonds. The molecule has 1 aliphatic heterocycles. The monoisotopic (exact) mass is 349 g/mol. The molecule has 1 aromatic carbocycles. The van der Waals surface area contributed by atoms with Crippen molar-refractivity contribution in [3.63, 3.8) is 0 Å². The van der Waals surface area contributed by atoms with E-state index in [0.717, 1.165) is 29.2 Å². The SMILES string of the molecule is CN1NC(=NCCc2ccccn2)SC1c1ccc2cnccc2c1. The van der Waals surface area contributed by atoms with Crippen LogP contribution in [0.15, 0.2) is 66.0 Å². The van der Waals surface area contributed by atoms with Gasteiger partial charge in [-0.15, -0.1) is 0 Å². The third-order valence-corrected chi connectivity index (χ3v) is 5.40. The Morgan fingerprint density at radius 3 is 3.00 bits per heavy atom. The second-order valence-corrected chi connectivity index (χ2v) is 7.00. The highest BCUT2D eigenvalue weighted by atomic mass is 32.2. The van der Waals surface area contributed by atoms with Crippen LogP contribution in [0, 0.1) is 0 Å². The number of nitrogens with one attached hydrogen (secondary N) is 1. The summed E-state index contributed by atoms with van der Waals surface area (Å²) in [6, 6.07) is 14.5. The lowest BCUT2D eigenvalue weighted by molar-refractivity contribution is 0.290. The van der Waals surface area contributed by atoms with E-state index in [4.69, 9.17) is 0 Å². The third-order valence-electron chi connectivity index (χ3n) is 4.15. The zero-order chi connectivity index (χ0) is 17.1. The number of hydrogen-bond acceptors (Lipinski definition) is 5. The molecular formula is C19H19N5S. The summed E-state index contributed by atoms with van der Waals surface area (Å²) in [5, 5.41) is 5.65. The first kappa shape index (κ1) is 16.1. The Balaban J connectivity index is 1.45. The number of hydrogen-bond donors (Lipinski definition) is 1. The van der Waals surface area contributed by atoms with E-state index >= 15 is 0 Å². The molecule has 0 radical (unpaired) electrons. The minimum atomic E-state index is 0.214. The minimum absolute atomic E-state index is 0.214. The van der Waals surface area contributed by atoms with E-state index in [2.05, 4.69) is 50.6 Å². The summed E-state index contributed by atoms with van der Waals surface area (Å²) in [6.45, 7) is 0.732. The largest absolute Gasteiger partial charge is 0.297 e. The van der Waals surface area contributed by atoms with Gasteiger partial charge in [0.25, 0.3) is 0 Å². The normalized spacial score (nSPS) is 19.4. The van der Waals surface area contributed by atoms with Crippen LogP contribution in [0.1, 0.15) is 16.6 Å². The Morgan fingerprint density at radius 2 is 2.12 bits per heavy atom. The quantitative estimate of drug-likeness (QED) is 0.782. The highest BCUT2D eigenvalue weighted by molar-refractivity contribution is 8.14. The standard InChI is InChI=1S/C19H19N5S/c1-24-18(15-5-6-16-13-20-10-7-14(16)12-15)25-19(23-24)22-11-8-17-4-2-3-9-21-17/h2-7,9-10,12-13,18H,8,11H2,1H3,(H,22,23). The molecule has 1 saturated heterocycles. The first-order chi connectivity index (χ1) is 12.3. The van der Waals surface area contributed by atoms with Gasteiger partial charge in [-0.3, -0.25) is 20.4 Å². The molecule has 2 aromatic heterocycles. The number of nitrogens with zero attached hydrogens (tertiary/aromatic N) is 4. The van der Waals surface area contributed by atoms with Gasteiger partial charge in [-0.05, 0) is 35.2 Å². The summed E-state index contributed by atoms with van der Waals surface area (Å²) in [4.78, 5) is 13.2. The van der Waals surface area contributed by atoms with Crippen LogP contribution in [0.4, 0.5) is 0 Å². The van der Waals surface area contributed by atoms with E-state index in [1.807, 2.05) is 42.9 Å². The molecule has 0 bridgehead atoms. The highest BCUT2D eigenvalue weighted by Gasteiger charge is 2.28. The van der Waals surface area contributed by atoms with Gasteiger partial charge in [0.1, 0.15) is 5.37 Å². The zero-order valence-corrected chi connectivity index (χ0v) is 14.8. The first-order valence-corrected chi connectivity index (χ1v) is 9.12. The topological polar surface area (TPSA) is 53.4 Å². The molecule has 6 heteroatoms. The van der Waals surface area contributed by atoms with Crippen molar-refractivity contribution in [1.82, 2.24) is 20.4 Å². The Hall–Kier alpha value is -2.44. The van der Waals surface area contributed by atoms with Gasteiger partial charge >= 0.3 is 0 Å². The highest BCUT2D eigenvalue weighted by Crippen LogP contribution is 2.36. The lowest BCUT2D eigenvalue weighted by Gasteiger charge is -2.17.